The molecule has 5 heteroatoms. The molecule has 0 aliphatic carbocycles. The molecule has 1 fully saturated rings. The molecule has 15 heavy (non-hydrogen) atoms. The van der Waals surface area contributed by atoms with Crippen molar-refractivity contribution in [2.75, 3.05) is 6.54 Å². The number of aromatic nitrogens is 2. The summed E-state index contributed by atoms with van der Waals surface area (Å²) in [5.74, 6) is -0.269. The van der Waals surface area contributed by atoms with E-state index in [0.717, 1.165) is 18.7 Å². The van der Waals surface area contributed by atoms with Crippen LogP contribution >= 0.6 is 0 Å². The highest BCUT2D eigenvalue weighted by atomic mass is 16.1. The van der Waals surface area contributed by atoms with Crippen LogP contribution in [-0.2, 0) is 11.3 Å². The monoisotopic (exact) mass is 208 g/mol. The van der Waals surface area contributed by atoms with Crippen molar-refractivity contribution in [1.82, 2.24) is 14.9 Å². The van der Waals surface area contributed by atoms with Crippen LogP contribution in [0.15, 0.2) is 12.5 Å². The number of imidazole rings is 1. The number of amides is 1. The van der Waals surface area contributed by atoms with Gasteiger partial charge in [-0.1, -0.05) is 0 Å². The number of hydrogen-bond donors (Lipinski definition) is 2. The van der Waals surface area contributed by atoms with E-state index in [1.54, 1.807) is 6.33 Å². The van der Waals surface area contributed by atoms with Crippen LogP contribution in [0.3, 0.4) is 0 Å². The minimum Gasteiger partial charge on any atom is -0.370 e. The summed E-state index contributed by atoms with van der Waals surface area (Å²) in [5, 5.41) is 3.41. The van der Waals surface area contributed by atoms with E-state index in [2.05, 4.69) is 10.3 Å². The summed E-state index contributed by atoms with van der Waals surface area (Å²) in [5.41, 5.74) is 6.29. The van der Waals surface area contributed by atoms with Crippen molar-refractivity contribution < 1.29 is 4.79 Å². The lowest BCUT2D eigenvalue weighted by Gasteiger charge is -2.12. The normalized spacial score (nSPS) is 20.7. The molecular formula is C10H16N4O. The maximum atomic E-state index is 10.7. The molecule has 2 heterocycles. The first-order chi connectivity index (χ1) is 7.27. The van der Waals surface area contributed by atoms with E-state index in [1.807, 2.05) is 10.8 Å². The Bertz CT molecular complexity index is 341. The quantitative estimate of drug-likeness (QED) is 0.741. The van der Waals surface area contributed by atoms with E-state index in [0.29, 0.717) is 19.0 Å². The summed E-state index contributed by atoms with van der Waals surface area (Å²) in [4.78, 5) is 14.8. The molecule has 1 aliphatic rings. The predicted molar refractivity (Wildman–Crippen MR) is 56.0 cm³/mol. The molecule has 2 rings (SSSR count). The number of nitrogens with one attached hydrogen (secondary N) is 1. The first-order valence-corrected chi connectivity index (χ1v) is 5.29. The Morgan fingerprint density at radius 1 is 1.73 bits per heavy atom. The summed E-state index contributed by atoms with van der Waals surface area (Å²) < 4.78 is 2.01. The minimum absolute atomic E-state index is 0.269. The topological polar surface area (TPSA) is 72.9 Å². The van der Waals surface area contributed by atoms with Gasteiger partial charge in [0.2, 0.25) is 5.91 Å². The van der Waals surface area contributed by atoms with Gasteiger partial charge in [-0.15, -0.1) is 0 Å². The molecule has 1 aromatic rings. The van der Waals surface area contributed by atoms with Crippen molar-refractivity contribution in [1.29, 1.82) is 0 Å². The zero-order valence-electron chi connectivity index (χ0n) is 8.65. The molecule has 0 unspecified atom stereocenters. The molecule has 0 aromatic carbocycles. The first-order valence-electron chi connectivity index (χ1n) is 5.29. The van der Waals surface area contributed by atoms with E-state index in [9.17, 15) is 4.79 Å². The van der Waals surface area contributed by atoms with Gasteiger partial charge in [0.15, 0.2) is 0 Å². The van der Waals surface area contributed by atoms with E-state index >= 15 is 0 Å². The molecule has 1 aliphatic heterocycles. The third kappa shape index (κ3) is 2.36. The van der Waals surface area contributed by atoms with Gasteiger partial charge in [-0.3, -0.25) is 4.79 Å². The van der Waals surface area contributed by atoms with Crippen LogP contribution in [0.25, 0.3) is 0 Å². The second kappa shape index (κ2) is 4.44. The van der Waals surface area contributed by atoms with Crippen molar-refractivity contribution >= 4 is 5.91 Å². The van der Waals surface area contributed by atoms with E-state index in [4.69, 9.17) is 5.73 Å². The Morgan fingerprint density at radius 2 is 2.60 bits per heavy atom. The number of aryl methyl sites for hydroxylation is 1. The Labute approximate surface area is 88.7 Å². The van der Waals surface area contributed by atoms with Crippen LogP contribution < -0.4 is 11.1 Å². The largest absolute Gasteiger partial charge is 0.370 e. The fraction of sp³-hybridized carbons (Fsp3) is 0.600. The second-order valence-corrected chi connectivity index (χ2v) is 3.88. The van der Waals surface area contributed by atoms with Gasteiger partial charge in [-0.2, -0.15) is 0 Å². The summed E-state index contributed by atoms with van der Waals surface area (Å²) in [6.45, 7) is 1.69. The van der Waals surface area contributed by atoms with Gasteiger partial charge in [0.1, 0.15) is 0 Å². The van der Waals surface area contributed by atoms with Crippen molar-refractivity contribution in [3.8, 4) is 0 Å². The van der Waals surface area contributed by atoms with Crippen molar-refractivity contribution in [3.05, 3.63) is 18.2 Å². The van der Waals surface area contributed by atoms with Crippen LogP contribution in [0.1, 0.15) is 31.0 Å². The highest BCUT2D eigenvalue weighted by molar-refractivity contribution is 5.73. The molecule has 5 nitrogen and oxygen atoms in total. The minimum atomic E-state index is -0.269. The number of hydrogen-bond acceptors (Lipinski definition) is 3. The fourth-order valence-corrected chi connectivity index (χ4v) is 1.98. The molecule has 0 radical (unpaired) electrons. The summed E-state index contributed by atoms with van der Waals surface area (Å²) in [7, 11) is 0. The lowest BCUT2D eigenvalue weighted by atomic mass is 10.2. The van der Waals surface area contributed by atoms with Crippen LogP contribution in [0.4, 0.5) is 0 Å². The molecule has 0 bridgehead atoms. The maximum Gasteiger partial charge on any atom is 0.219 e. The van der Waals surface area contributed by atoms with Gasteiger partial charge in [0, 0.05) is 25.2 Å². The molecule has 1 aromatic heterocycles. The van der Waals surface area contributed by atoms with Gasteiger partial charge in [-0.25, -0.2) is 4.98 Å². The highest BCUT2D eigenvalue weighted by Crippen LogP contribution is 2.22. The Morgan fingerprint density at radius 3 is 3.27 bits per heavy atom. The van der Waals surface area contributed by atoms with Crippen molar-refractivity contribution in [2.45, 2.75) is 31.8 Å². The summed E-state index contributed by atoms with van der Waals surface area (Å²) in [6, 6.07) is 0.389. The zero-order chi connectivity index (χ0) is 10.7. The third-order valence-electron chi connectivity index (χ3n) is 2.76. The third-order valence-corrected chi connectivity index (χ3v) is 2.76. The molecule has 3 N–H and O–H groups in total. The maximum absolute atomic E-state index is 10.7. The number of nitrogens with two attached hydrogens (primary N) is 1. The zero-order valence-corrected chi connectivity index (χ0v) is 8.65. The molecule has 1 amide bonds. The van der Waals surface area contributed by atoms with Gasteiger partial charge >= 0.3 is 0 Å². The lowest BCUT2D eigenvalue weighted by molar-refractivity contribution is -0.118. The first kappa shape index (κ1) is 10.2. The van der Waals surface area contributed by atoms with Crippen LogP contribution in [0.2, 0.25) is 0 Å². The van der Waals surface area contributed by atoms with Crippen LogP contribution in [0, 0.1) is 0 Å². The van der Waals surface area contributed by atoms with Gasteiger partial charge in [0.25, 0.3) is 0 Å². The highest BCUT2D eigenvalue weighted by Gasteiger charge is 2.19. The summed E-state index contributed by atoms with van der Waals surface area (Å²) in [6.07, 6.45) is 6.34. The Balaban J connectivity index is 2.04. The van der Waals surface area contributed by atoms with E-state index in [-0.39, 0.29) is 5.91 Å². The van der Waals surface area contributed by atoms with Crippen molar-refractivity contribution in [3.63, 3.8) is 0 Å². The molecule has 82 valence electrons. The molecule has 0 spiro atoms. The molecular weight excluding hydrogens is 192 g/mol. The van der Waals surface area contributed by atoms with E-state index < -0.39 is 0 Å². The molecule has 1 saturated heterocycles. The molecule has 0 saturated carbocycles. The van der Waals surface area contributed by atoms with Gasteiger partial charge < -0.3 is 15.6 Å². The number of primary amides is 1. The fourth-order valence-electron chi connectivity index (χ4n) is 1.98. The number of rotatable bonds is 4. The van der Waals surface area contributed by atoms with Crippen LogP contribution in [0.5, 0.6) is 0 Å². The Hall–Kier alpha value is -1.36. The standard InChI is InChI=1S/C10H16N4O/c11-10(15)3-5-14-7-12-6-9(14)8-2-1-4-13-8/h6-8,13H,1-5H2,(H2,11,15)/t8-/m0/s1. The predicted octanol–water partition coefficient (Wildman–Crippen LogP) is 0.183. The average Bonchev–Trinajstić information content (AvgIpc) is 2.85. The van der Waals surface area contributed by atoms with Gasteiger partial charge in [0.05, 0.1) is 12.0 Å². The van der Waals surface area contributed by atoms with Gasteiger partial charge in [-0.05, 0) is 19.4 Å². The SMILES string of the molecule is NC(=O)CCn1cncc1[C@@H]1CCCN1. The van der Waals surface area contributed by atoms with E-state index in [1.165, 1.54) is 6.42 Å². The Kier molecular flexibility index (Phi) is 3.01. The molecule has 1 atom stereocenters. The summed E-state index contributed by atoms with van der Waals surface area (Å²) >= 11 is 0. The smallest absolute Gasteiger partial charge is 0.219 e. The second-order valence-electron chi connectivity index (χ2n) is 3.88. The number of carbonyl (C=O) groups excluding carboxylic acids is 1. The lowest BCUT2D eigenvalue weighted by Crippen LogP contribution is -2.19. The number of carbonyl (C=O) groups is 1. The van der Waals surface area contributed by atoms with Crippen LogP contribution in [-0.4, -0.2) is 22.0 Å². The van der Waals surface area contributed by atoms with Crippen molar-refractivity contribution in [2.24, 2.45) is 5.73 Å². The average molecular weight is 208 g/mol. The number of nitrogens with zero attached hydrogens (tertiary/aromatic N) is 2.